The van der Waals surface area contributed by atoms with E-state index in [2.05, 4.69) is 30.0 Å². The highest BCUT2D eigenvalue weighted by Crippen LogP contribution is 2.36. The summed E-state index contributed by atoms with van der Waals surface area (Å²) in [4.78, 5) is 14.0. The van der Waals surface area contributed by atoms with E-state index in [-0.39, 0.29) is 11.7 Å². The highest BCUT2D eigenvalue weighted by Gasteiger charge is 2.34. The van der Waals surface area contributed by atoms with E-state index in [0.717, 1.165) is 12.8 Å². The molecule has 0 spiro atoms. The molecule has 1 aromatic rings. The lowest BCUT2D eigenvalue weighted by Gasteiger charge is -2.41. The minimum absolute atomic E-state index is 0.120. The predicted octanol–water partition coefficient (Wildman–Crippen LogP) is 2.85. The van der Waals surface area contributed by atoms with Crippen molar-refractivity contribution in [3.63, 3.8) is 0 Å². The largest absolute Gasteiger partial charge is 0.344 e. The van der Waals surface area contributed by atoms with Crippen LogP contribution < -0.4 is 4.90 Å². The van der Waals surface area contributed by atoms with E-state index >= 15 is 0 Å². The molecule has 88 valence electrons. The van der Waals surface area contributed by atoms with Crippen molar-refractivity contribution in [3.8, 4) is 0 Å². The molecule has 0 N–H and O–H groups in total. The Morgan fingerprint density at radius 2 is 2.18 bits per heavy atom. The number of hydrogen-bond acceptors (Lipinski definition) is 2. The average Bonchev–Trinajstić information content (AvgIpc) is 2.33. The van der Waals surface area contributed by atoms with E-state index < -0.39 is 0 Å². The zero-order valence-corrected chi connectivity index (χ0v) is 10.3. The Hall–Kier alpha value is -1.57. The zero-order chi connectivity index (χ0) is 12.0. The van der Waals surface area contributed by atoms with Crippen LogP contribution in [0.5, 0.6) is 0 Å². The van der Waals surface area contributed by atoms with Crippen LogP contribution in [0.1, 0.15) is 24.5 Å². The van der Waals surface area contributed by atoms with Gasteiger partial charge < -0.3 is 4.90 Å². The smallest absolute Gasteiger partial charge is 0.162 e. The van der Waals surface area contributed by atoms with Gasteiger partial charge in [0.2, 0.25) is 0 Å². The van der Waals surface area contributed by atoms with Crippen LogP contribution in [0.2, 0.25) is 0 Å². The lowest BCUT2D eigenvalue weighted by Crippen LogP contribution is -2.45. The molecule has 2 aliphatic heterocycles. The molecule has 0 aliphatic carbocycles. The van der Waals surface area contributed by atoms with Crippen molar-refractivity contribution in [1.29, 1.82) is 0 Å². The molecule has 0 aromatic heterocycles. The van der Waals surface area contributed by atoms with Gasteiger partial charge in [-0.15, -0.1) is 0 Å². The molecule has 2 heteroatoms. The van der Waals surface area contributed by atoms with E-state index in [1.165, 1.54) is 16.8 Å². The van der Waals surface area contributed by atoms with E-state index in [0.29, 0.717) is 6.04 Å². The van der Waals surface area contributed by atoms with Crippen LogP contribution in [0.15, 0.2) is 30.5 Å². The van der Waals surface area contributed by atoms with Crippen molar-refractivity contribution >= 4 is 11.5 Å². The summed E-state index contributed by atoms with van der Waals surface area (Å²) in [6.45, 7) is 4.17. The Morgan fingerprint density at radius 3 is 3.00 bits per heavy atom. The first kappa shape index (κ1) is 10.6. The third-order valence-electron chi connectivity index (χ3n) is 4.01. The predicted molar refractivity (Wildman–Crippen MR) is 69.1 cm³/mol. The lowest BCUT2D eigenvalue weighted by molar-refractivity contribution is -0.118. The number of allylic oxidation sites excluding steroid dienone is 1. The van der Waals surface area contributed by atoms with Crippen molar-refractivity contribution in [1.82, 2.24) is 0 Å². The van der Waals surface area contributed by atoms with Gasteiger partial charge in [-0.3, -0.25) is 4.79 Å². The maximum Gasteiger partial charge on any atom is 0.162 e. The molecule has 2 nitrogen and oxygen atoms in total. The van der Waals surface area contributed by atoms with Gasteiger partial charge >= 0.3 is 0 Å². The number of aryl methyl sites for hydroxylation is 2. The molecule has 1 aromatic carbocycles. The highest BCUT2D eigenvalue weighted by atomic mass is 16.1. The number of hydrogen-bond donors (Lipinski definition) is 0. The molecule has 17 heavy (non-hydrogen) atoms. The molecule has 0 bridgehead atoms. The first-order chi connectivity index (χ1) is 8.16. The fraction of sp³-hybridized carbons (Fsp3) is 0.400. The number of carbonyl (C=O) groups is 1. The third kappa shape index (κ3) is 1.59. The molecule has 0 radical (unpaired) electrons. The molecule has 0 unspecified atom stereocenters. The lowest BCUT2D eigenvalue weighted by atomic mass is 9.84. The van der Waals surface area contributed by atoms with Gasteiger partial charge in [0.1, 0.15) is 0 Å². The van der Waals surface area contributed by atoms with Crippen LogP contribution in [0.25, 0.3) is 0 Å². The second kappa shape index (κ2) is 3.73. The summed E-state index contributed by atoms with van der Waals surface area (Å²) >= 11 is 0. The van der Waals surface area contributed by atoms with Gasteiger partial charge in [0, 0.05) is 23.8 Å². The Bertz CT molecular complexity index is 504. The fourth-order valence-corrected chi connectivity index (χ4v) is 2.96. The average molecular weight is 227 g/mol. The Labute approximate surface area is 102 Å². The van der Waals surface area contributed by atoms with Gasteiger partial charge in [0.15, 0.2) is 5.78 Å². The van der Waals surface area contributed by atoms with Gasteiger partial charge in [-0.1, -0.05) is 24.6 Å². The molecule has 0 fully saturated rings. The minimum atomic E-state index is 0.120. The first-order valence-electron chi connectivity index (χ1n) is 6.27. The first-order valence-corrected chi connectivity index (χ1v) is 6.27. The maximum absolute atomic E-state index is 11.7. The zero-order valence-electron chi connectivity index (χ0n) is 10.3. The number of nitrogens with zero attached hydrogens (tertiary/aromatic N) is 1. The summed E-state index contributed by atoms with van der Waals surface area (Å²) in [7, 11) is 0. The topological polar surface area (TPSA) is 20.3 Å². The fourth-order valence-electron chi connectivity index (χ4n) is 2.96. The Balaban J connectivity index is 2.07. The number of ketones is 1. The second-order valence-electron chi connectivity index (χ2n) is 5.15. The third-order valence-corrected chi connectivity index (χ3v) is 4.01. The van der Waals surface area contributed by atoms with Gasteiger partial charge in [-0.25, -0.2) is 0 Å². The molecule has 0 saturated carbocycles. The van der Waals surface area contributed by atoms with E-state index in [1.54, 1.807) is 6.08 Å². The quantitative estimate of drug-likeness (QED) is 0.679. The molecule has 2 aliphatic rings. The summed E-state index contributed by atoms with van der Waals surface area (Å²) in [6.07, 6.45) is 5.84. The van der Waals surface area contributed by atoms with Crippen LogP contribution in [0, 0.1) is 12.8 Å². The standard InChI is InChI=1S/C15H17NO/c1-10-3-5-14-12(9-10)4-6-13-11(2)15(17)7-8-16(13)14/h3,5,7-9,11,13H,4,6H2,1-2H3/t11-,13-/m1/s1. The minimum Gasteiger partial charge on any atom is -0.344 e. The van der Waals surface area contributed by atoms with Crippen molar-refractivity contribution in [2.75, 3.05) is 4.90 Å². The van der Waals surface area contributed by atoms with Gasteiger partial charge in [-0.05, 0) is 37.5 Å². The van der Waals surface area contributed by atoms with E-state index in [4.69, 9.17) is 0 Å². The van der Waals surface area contributed by atoms with Crippen LogP contribution in [-0.2, 0) is 11.2 Å². The van der Waals surface area contributed by atoms with E-state index in [9.17, 15) is 4.79 Å². The maximum atomic E-state index is 11.7. The number of rotatable bonds is 0. The molecule has 3 rings (SSSR count). The number of carbonyl (C=O) groups excluding carboxylic acids is 1. The number of benzene rings is 1. The number of anilines is 1. The summed E-state index contributed by atoms with van der Waals surface area (Å²) in [5, 5.41) is 0. The van der Waals surface area contributed by atoms with Crippen LogP contribution in [0.4, 0.5) is 5.69 Å². The summed E-state index contributed by atoms with van der Waals surface area (Å²) in [6, 6.07) is 6.95. The normalized spacial score (nSPS) is 26.7. The van der Waals surface area contributed by atoms with Crippen molar-refractivity contribution in [3.05, 3.63) is 41.6 Å². The molecule has 2 heterocycles. The van der Waals surface area contributed by atoms with Gasteiger partial charge in [0.25, 0.3) is 0 Å². The Morgan fingerprint density at radius 1 is 1.35 bits per heavy atom. The second-order valence-corrected chi connectivity index (χ2v) is 5.15. The van der Waals surface area contributed by atoms with Crippen molar-refractivity contribution < 1.29 is 4.79 Å². The van der Waals surface area contributed by atoms with Crippen LogP contribution >= 0.6 is 0 Å². The summed E-state index contributed by atoms with van der Waals surface area (Å²) in [5.74, 6) is 0.385. The SMILES string of the molecule is Cc1ccc2c(c1)CC[C@@H]1[C@@H](C)C(=O)C=CN21. The molecular weight excluding hydrogens is 210 g/mol. The molecule has 0 amide bonds. The van der Waals surface area contributed by atoms with Gasteiger partial charge in [0.05, 0.1) is 0 Å². The summed E-state index contributed by atoms with van der Waals surface area (Å²) in [5.41, 5.74) is 4.00. The van der Waals surface area contributed by atoms with E-state index in [1.807, 2.05) is 13.1 Å². The van der Waals surface area contributed by atoms with Crippen LogP contribution in [0.3, 0.4) is 0 Å². The highest BCUT2D eigenvalue weighted by molar-refractivity contribution is 5.94. The monoisotopic (exact) mass is 227 g/mol. The van der Waals surface area contributed by atoms with Crippen molar-refractivity contribution in [2.45, 2.75) is 32.7 Å². The molecule has 0 saturated heterocycles. The van der Waals surface area contributed by atoms with Gasteiger partial charge in [-0.2, -0.15) is 0 Å². The van der Waals surface area contributed by atoms with Crippen molar-refractivity contribution in [2.24, 2.45) is 5.92 Å². The Kier molecular flexibility index (Phi) is 2.32. The molecule has 2 atom stereocenters. The number of fused-ring (bicyclic) bond motifs is 3. The van der Waals surface area contributed by atoms with Crippen LogP contribution in [-0.4, -0.2) is 11.8 Å². The molecular formula is C15H17NO. The summed E-state index contributed by atoms with van der Waals surface area (Å²) < 4.78 is 0.